The first kappa shape index (κ1) is 18.9. The molecule has 0 aromatic heterocycles. The number of halogens is 2. The highest BCUT2D eigenvalue weighted by atomic mass is 35.5. The van der Waals surface area contributed by atoms with E-state index in [1.165, 1.54) is 12.1 Å². The van der Waals surface area contributed by atoms with Crippen LogP contribution in [0.4, 0.5) is 4.39 Å². The Morgan fingerprint density at radius 2 is 2.09 bits per heavy atom. The van der Waals surface area contributed by atoms with Gasteiger partial charge in [-0.15, -0.1) is 12.4 Å². The number of hydrogen-bond acceptors (Lipinski definition) is 3. The Morgan fingerprint density at radius 3 is 2.68 bits per heavy atom. The van der Waals surface area contributed by atoms with Crippen molar-refractivity contribution in [3.63, 3.8) is 0 Å². The molecule has 6 heteroatoms. The highest BCUT2D eigenvalue weighted by Gasteiger charge is 2.30. The maximum Gasteiger partial charge on any atom is 0.239 e. The number of hydrogen-bond donors (Lipinski definition) is 1. The monoisotopic (exact) mass is 330 g/mol. The second-order valence-corrected chi connectivity index (χ2v) is 5.61. The minimum atomic E-state index is -0.470. The van der Waals surface area contributed by atoms with Gasteiger partial charge >= 0.3 is 0 Å². The van der Waals surface area contributed by atoms with E-state index in [1.807, 2.05) is 13.8 Å². The molecule has 1 aromatic carbocycles. The molecule has 0 bridgehead atoms. The average Bonchev–Trinajstić information content (AvgIpc) is 2.53. The van der Waals surface area contributed by atoms with Gasteiger partial charge < -0.3 is 15.4 Å². The van der Waals surface area contributed by atoms with E-state index in [9.17, 15) is 9.18 Å². The number of rotatable bonds is 4. The van der Waals surface area contributed by atoms with Crippen molar-refractivity contribution < 1.29 is 13.9 Å². The number of amides is 1. The van der Waals surface area contributed by atoms with Crippen LogP contribution in [0.5, 0.6) is 0 Å². The van der Waals surface area contributed by atoms with E-state index in [1.54, 1.807) is 17.0 Å². The number of nitrogens with zero attached hydrogens (tertiary/aromatic N) is 1. The number of nitrogens with two attached hydrogens (primary N) is 1. The number of carbonyl (C=O) groups excluding carboxylic acids is 1. The molecule has 0 radical (unpaired) electrons. The lowest BCUT2D eigenvalue weighted by atomic mass is 9.98. The van der Waals surface area contributed by atoms with E-state index in [2.05, 4.69) is 0 Å². The summed E-state index contributed by atoms with van der Waals surface area (Å²) in [7, 11) is 0. The van der Waals surface area contributed by atoms with Crippen molar-refractivity contribution >= 4 is 18.3 Å². The third-order valence-corrected chi connectivity index (χ3v) is 4.16. The molecule has 124 valence electrons. The van der Waals surface area contributed by atoms with Crippen LogP contribution in [0, 0.1) is 11.7 Å². The molecule has 2 rings (SSSR count). The molecule has 1 heterocycles. The number of morpholine rings is 1. The molecule has 1 saturated heterocycles. The van der Waals surface area contributed by atoms with E-state index in [4.69, 9.17) is 10.5 Å². The molecule has 0 spiro atoms. The first-order valence-electron chi connectivity index (χ1n) is 7.44. The molecule has 1 aliphatic rings. The Bertz CT molecular complexity index is 484. The molecule has 0 aliphatic carbocycles. The molecule has 1 fully saturated rings. The van der Waals surface area contributed by atoms with Gasteiger partial charge in [0.05, 0.1) is 19.2 Å². The zero-order valence-electron chi connectivity index (χ0n) is 13.0. The summed E-state index contributed by atoms with van der Waals surface area (Å²) >= 11 is 0. The van der Waals surface area contributed by atoms with Crippen LogP contribution in [-0.4, -0.2) is 36.5 Å². The molecule has 3 unspecified atom stereocenters. The van der Waals surface area contributed by atoms with E-state index >= 15 is 0 Å². The van der Waals surface area contributed by atoms with Gasteiger partial charge in [-0.05, 0) is 23.6 Å². The maximum absolute atomic E-state index is 13.0. The fourth-order valence-corrected chi connectivity index (χ4v) is 2.44. The summed E-state index contributed by atoms with van der Waals surface area (Å²) in [6.07, 6.45) is 0.658. The largest absolute Gasteiger partial charge is 0.370 e. The summed E-state index contributed by atoms with van der Waals surface area (Å²) < 4.78 is 18.7. The second-order valence-electron chi connectivity index (χ2n) is 5.61. The summed E-state index contributed by atoms with van der Waals surface area (Å²) in [5.74, 6) is -0.148. The molecule has 1 aromatic rings. The maximum atomic E-state index is 13.0. The molecule has 3 atom stereocenters. The molecule has 22 heavy (non-hydrogen) atoms. The van der Waals surface area contributed by atoms with Crippen LogP contribution >= 0.6 is 12.4 Å². The van der Waals surface area contributed by atoms with Gasteiger partial charge in [0.1, 0.15) is 11.9 Å². The van der Waals surface area contributed by atoms with Crippen molar-refractivity contribution in [1.82, 2.24) is 4.90 Å². The van der Waals surface area contributed by atoms with Crippen LogP contribution in [0.2, 0.25) is 0 Å². The average molecular weight is 331 g/mol. The first-order valence-corrected chi connectivity index (χ1v) is 7.44. The van der Waals surface area contributed by atoms with E-state index in [0.717, 1.165) is 12.0 Å². The third kappa shape index (κ3) is 4.41. The van der Waals surface area contributed by atoms with Gasteiger partial charge in [-0.1, -0.05) is 32.4 Å². The third-order valence-electron chi connectivity index (χ3n) is 4.16. The van der Waals surface area contributed by atoms with Crippen LogP contribution in [0.3, 0.4) is 0 Å². The lowest BCUT2D eigenvalue weighted by molar-refractivity contribution is -0.141. The van der Waals surface area contributed by atoms with E-state index in [-0.39, 0.29) is 36.2 Å². The quantitative estimate of drug-likeness (QED) is 0.923. The van der Waals surface area contributed by atoms with Gasteiger partial charge in [0.2, 0.25) is 5.91 Å². The number of benzene rings is 1. The fourth-order valence-electron chi connectivity index (χ4n) is 2.44. The van der Waals surface area contributed by atoms with Crippen molar-refractivity contribution in [1.29, 1.82) is 0 Å². The van der Waals surface area contributed by atoms with Gasteiger partial charge in [0, 0.05) is 6.54 Å². The van der Waals surface area contributed by atoms with Crippen LogP contribution in [-0.2, 0) is 9.53 Å². The Kier molecular flexibility index (Phi) is 7.26. The lowest BCUT2D eigenvalue weighted by Gasteiger charge is -2.35. The Hall–Kier alpha value is -1.17. The van der Waals surface area contributed by atoms with Crippen molar-refractivity contribution in [2.75, 3.05) is 19.7 Å². The van der Waals surface area contributed by atoms with Crippen molar-refractivity contribution in [2.45, 2.75) is 32.4 Å². The van der Waals surface area contributed by atoms with Crippen LogP contribution in [0.15, 0.2) is 24.3 Å². The summed E-state index contributed by atoms with van der Waals surface area (Å²) in [5.41, 5.74) is 6.91. The highest BCUT2D eigenvalue weighted by molar-refractivity contribution is 5.85. The van der Waals surface area contributed by atoms with Crippen LogP contribution in [0.1, 0.15) is 31.9 Å². The summed E-state index contributed by atoms with van der Waals surface area (Å²) in [5, 5.41) is 0. The Balaban J connectivity index is 0.00000242. The highest BCUT2D eigenvalue weighted by Crippen LogP contribution is 2.23. The number of ether oxygens (including phenoxy) is 1. The molecule has 2 N–H and O–H groups in total. The summed E-state index contributed by atoms with van der Waals surface area (Å²) in [6.45, 7) is 5.51. The van der Waals surface area contributed by atoms with Gasteiger partial charge in [-0.2, -0.15) is 0 Å². The standard InChI is InChI=1S/C16H23FN2O2.ClH/c1-3-11(2)15(18)16(20)19-8-9-21-14(10-19)12-4-6-13(17)7-5-12;/h4-7,11,14-15H,3,8-10,18H2,1-2H3;1H. The SMILES string of the molecule is CCC(C)C(N)C(=O)N1CCOC(c2ccc(F)cc2)C1.Cl. The molecule has 1 aliphatic heterocycles. The number of carbonyl (C=O) groups is 1. The molecule has 1 amide bonds. The topological polar surface area (TPSA) is 55.6 Å². The molecule has 0 saturated carbocycles. The minimum Gasteiger partial charge on any atom is -0.370 e. The van der Waals surface area contributed by atoms with Crippen LogP contribution < -0.4 is 5.73 Å². The summed E-state index contributed by atoms with van der Waals surface area (Å²) in [4.78, 5) is 14.2. The van der Waals surface area contributed by atoms with Gasteiger partial charge in [-0.25, -0.2) is 4.39 Å². The molecular weight excluding hydrogens is 307 g/mol. The lowest BCUT2D eigenvalue weighted by Crippen LogP contribution is -2.51. The smallest absolute Gasteiger partial charge is 0.239 e. The second kappa shape index (κ2) is 8.46. The van der Waals surface area contributed by atoms with Crippen LogP contribution in [0.25, 0.3) is 0 Å². The van der Waals surface area contributed by atoms with E-state index in [0.29, 0.717) is 19.7 Å². The Labute approximate surface area is 137 Å². The zero-order chi connectivity index (χ0) is 15.4. The van der Waals surface area contributed by atoms with E-state index < -0.39 is 6.04 Å². The van der Waals surface area contributed by atoms with Crippen molar-refractivity contribution in [2.24, 2.45) is 11.7 Å². The normalized spacial score (nSPS) is 20.9. The van der Waals surface area contributed by atoms with Crippen molar-refractivity contribution in [3.05, 3.63) is 35.6 Å². The minimum absolute atomic E-state index is 0. The van der Waals surface area contributed by atoms with Gasteiger partial charge in [0.25, 0.3) is 0 Å². The predicted molar refractivity (Wildman–Crippen MR) is 86.4 cm³/mol. The zero-order valence-corrected chi connectivity index (χ0v) is 13.8. The molecular formula is C16H24ClFN2O2. The van der Waals surface area contributed by atoms with Crippen molar-refractivity contribution in [3.8, 4) is 0 Å². The first-order chi connectivity index (χ1) is 10.0. The van der Waals surface area contributed by atoms with Gasteiger partial charge in [-0.3, -0.25) is 4.79 Å². The summed E-state index contributed by atoms with van der Waals surface area (Å²) in [6, 6.07) is 5.74. The Morgan fingerprint density at radius 1 is 1.45 bits per heavy atom. The molecule has 4 nitrogen and oxygen atoms in total. The predicted octanol–water partition coefficient (Wildman–Crippen LogP) is 2.52. The fraction of sp³-hybridized carbons (Fsp3) is 0.562. The van der Waals surface area contributed by atoms with Gasteiger partial charge in [0.15, 0.2) is 0 Å².